The molecule has 0 saturated carbocycles. The minimum Gasteiger partial charge on any atom is -0.444 e. The van der Waals surface area contributed by atoms with Gasteiger partial charge in [-0.15, -0.1) is 0 Å². The number of hydrogen-bond donors (Lipinski definition) is 2. The fraction of sp³-hybridized carbons (Fsp3) is 0.800. The maximum atomic E-state index is 11.2. The van der Waals surface area contributed by atoms with Gasteiger partial charge >= 0.3 is 6.09 Å². The zero-order valence-electron chi connectivity index (χ0n) is 10.1. The molecule has 94 valence electrons. The highest BCUT2D eigenvalue weighted by molar-refractivity contribution is 6.64. The van der Waals surface area contributed by atoms with E-state index in [1.165, 1.54) is 0 Å². The maximum absolute atomic E-state index is 11.2. The summed E-state index contributed by atoms with van der Waals surface area (Å²) >= 11 is 5.24. The lowest BCUT2D eigenvalue weighted by atomic mass is 10.2. The maximum Gasteiger partial charge on any atom is 0.407 e. The minimum atomic E-state index is -0.503. The number of alkyl carbamates (subject to hydrolysis) is 1. The van der Waals surface area contributed by atoms with Crippen molar-refractivity contribution < 1.29 is 14.3 Å². The van der Waals surface area contributed by atoms with E-state index in [2.05, 4.69) is 10.6 Å². The van der Waals surface area contributed by atoms with Crippen LogP contribution in [0.3, 0.4) is 0 Å². The van der Waals surface area contributed by atoms with Crippen molar-refractivity contribution in [3.63, 3.8) is 0 Å². The zero-order valence-corrected chi connectivity index (χ0v) is 10.9. The van der Waals surface area contributed by atoms with Gasteiger partial charge in [0, 0.05) is 13.1 Å². The summed E-state index contributed by atoms with van der Waals surface area (Å²) < 4.78 is 5.02. The van der Waals surface area contributed by atoms with Crippen LogP contribution < -0.4 is 10.6 Å². The zero-order chi connectivity index (χ0) is 12.8. The molecule has 0 rings (SSSR count). The second kappa shape index (κ2) is 6.70. The fourth-order valence-electron chi connectivity index (χ4n) is 0.848. The Morgan fingerprint density at radius 1 is 1.31 bits per heavy atom. The van der Waals surface area contributed by atoms with Crippen LogP contribution in [-0.4, -0.2) is 36.1 Å². The first-order valence-corrected chi connectivity index (χ1v) is 5.50. The van der Waals surface area contributed by atoms with E-state index in [-0.39, 0.29) is 0 Å². The molecule has 0 fully saturated rings. The van der Waals surface area contributed by atoms with E-state index in [1.54, 1.807) is 27.7 Å². The third kappa shape index (κ3) is 8.49. The summed E-state index contributed by atoms with van der Waals surface area (Å²) in [5.74, 6) is 0. The van der Waals surface area contributed by atoms with Gasteiger partial charge in [0.15, 0.2) is 0 Å². The Morgan fingerprint density at radius 2 is 1.88 bits per heavy atom. The van der Waals surface area contributed by atoms with Crippen LogP contribution in [0.5, 0.6) is 0 Å². The molecule has 0 aliphatic rings. The number of ether oxygens (including phenoxy) is 1. The first kappa shape index (κ1) is 15.2. The molecule has 16 heavy (non-hydrogen) atoms. The summed E-state index contributed by atoms with van der Waals surface area (Å²) in [6, 6.07) is -0.415. The van der Waals surface area contributed by atoms with Gasteiger partial charge in [-0.05, 0) is 39.3 Å². The smallest absolute Gasteiger partial charge is 0.407 e. The second-order valence-electron chi connectivity index (χ2n) is 4.41. The number of carbonyl (C=O) groups is 2. The average Bonchev–Trinajstić information content (AvgIpc) is 2.08. The van der Waals surface area contributed by atoms with Gasteiger partial charge in [-0.3, -0.25) is 4.79 Å². The number of carbonyl (C=O) groups excluding carboxylic acids is 2. The number of amides is 1. The van der Waals surface area contributed by atoms with E-state index >= 15 is 0 Å². The van der Waals surface area contributed by atoms with Crippen LogP contribution in [0.4, 0.5) is 4.79 Å². The number of hydrogen-bond acceptors (Lipinski definition) is 4. The summed E-state index contributed by atoms with van der Waals surface area (Å²) in [6.45, 7) is 7.86. The van der Waals surface area contributed by atoms with Gasteiger partial charge in [-0.1, -0.05) is 0 Å². The van der Waals surface area contributed by atoms with Gasteiger partial charge in [0.25, 0.3) is 0 Å². The van der Waals surface area contributed by atoms with E-state index < -0.39 is 23.0 Å². The highest BCUT2D eigenvalue weighted by Crippen LogP contribution is 2.05. The molecule has 5 nitrogen and oxygen atoms in total. The quantitative estimate of drug-likeness (QED) is 0.569. The van der Waals surface area contributed by atoms with Crippen LogP contribution in [0.15, 0.2) is 0 Å². The molecule has 0 saturated heterocycles. The number of halogens is 1. The van der Waals surface area contributed by atoms with Crippen molar-refractivity contribution in [3.05, 3.63) is 0 Å². The monoisotopic (exact) mass is 250 g/mol. The molecule has 0 radical (unpaired) electrons. The predicted molar refractivity (Wildman–Crippen MR) is 62.6 cm³/mol. The van der Waals surface area contributed by atoms with Crippen LogP contribution in [0.25, 0.3) is 0 Å². The molecule has 1 atom stereocenters. The van der Waals surface area contributed by atoms with Crippen LogP contribution >= 0.6 is 11.6 Å². The molecular formula is C10H19ClN2O3. The number of nitrogens with one attached hydrogen (secondary N) is 2. The summed E-state index contributed by atoms with van der Waals surface area (Å²) in [6.07, 6.45) is -0.473. The van der Waals surface area contributed by atoms with Gasteiger partial charge in [0.05, 0.1) is 6.04 Å². The van der Waals surface area contributed by atoms with Gasteiger partial charge in [0.2, 0.25) is 5.24 Å². The Kier molecular flexibility index (Phi) is 6.36. The average molecular weight is 251 g/mol. The predicted octanol–water partition coefficient (Wildman–Crippen LogP) is 1.25. The first-order chi connectivity index (χ1) is 7.22. The van der Waals surface area contributed by atoms with E-state index in [1.807, 2.05) is 0 Å². The molecule has 0 bridgehead atoms. The molecule has 0 heterocycles. The fourth-order valence-corrected chi connectivity index (χ4v) is 0.925. The van der Waals surface area contributed by atoms with E-state index in [0.29, 0.717) is 13.1 Å². The minimum absolute atomic E-state index is 0.378. The molecule has 1 unspecified atom stereocenters. The second-order valence-corrected chi connectivity index (χ2v) is 4.78. The van der Waals surface area contributed by atoms with Crippen molar-refractivity contribution in [3.8, 4) is 0 Å². The van der Waals surface area contributed by atoms with Crippen molar-refractivity contribution in [1.29, 1.82) is 0 Å². The molecule has 0 aromatic heterocycles. The molecule has 1 amide bonds. The van der Waals surface area contributed by atoms with Crippen LogP contribution in [0, 0.1) is 0 Å². The summed E-state index contributed by atoms with van der Waals surface area (Å²) in [5.41, 5.74) is -0.503. The van der Waals surface area contributed by atoms with Gasteiger partial charge in [-0.2, -0.15) is 0 Å². The Labute approximate surface area is 101 Å². The molecule has 0 aromatic rings. The molecule has 0 aliphatic heterocycles. The van der Waals surface area contributed by atoms with Crippen molar-refractivity contribution in [2.45, 2.75) is 39.3 Å². The van der Waals surface area contributed by atoms with E-state index in [9.17, 15) is 9.59 Å². The van der Waals surface area contributed by atoms with Crippen LogP contribution in [0.2, 0.25) is 0 Å². The molecule has 2 N–H and O–H groups in total. The van der Waals surface area contributed by atoms with E-state index in [4.69, 9.17) is 16.3 Å². The molecule has 0 spiro atoms. The lowest BCUT2D eigenvalue weighted by Crippen LogP contribution is -2.40. The number of rotatable bonds is 5. The standard InChI is InChI=1S/C10H19ClN2O3/c1-7(8(11)14)12-5-6-13-9(15)16-10(2,3)4/h7,12H,5-6H2,1-4H3,(H,13,15). The van der Waals surface area contributed by atoms with Crippen molar-refractivity contribution in [2.75, 3.05) is 13.1 Å². The van der Waals surface area contributed by atoms with Crippen molar-refractivity contribution >= 4 is 22.9 Å². The van der Waals surface area contributed by atoms with Crippen molar-refractivity contribution in [1.82, 2.24) is 10.6 Å². The highest BCUT2D eigenvalue weighted by Gasteiger charge is 2.15. The Balaban J connectivity index is 3.60. The molecule has 0 aliphatic carbocycles. The summed E-state index contributed by atoms with van der Waals surface area (Å²) in [7, 11) is 0. The highest BCUT2D eigenvalue weighted by atomic mass is 35.5. The van der Waals surface area contributed by atoms with Gasteiger partial charge in [-0.25, -0.2) is 4.79 Å². The first-order valence-electron chi connectivity index (χ1n) is 5.12. The third-order valence-corrected chi connectivity index (χ3v) is 1.91. The van der Waals surface area contributed by atoms with Gasteiger partial charge < -0.3 is 15.4 Å². The van der Waals surface area contributed by atoms with Crippen molar-refractivity contribution in [2.24, 2.45) is 0 Å². The lowest BCUT2D eigenvalue weighted by Gasteiger charge is -2.19. The molecular weight excluding hydrogens is 232 g/mol. The summed E-state index contributed by atoms with van der Waals surface area (Å²) in [4.78, 5) is 21.8. The molecule has 6 heteroatoms. The van der Waals surface area contributed by atoms with Crippen LogP contribution in [-0.2, 0) is 9.53 Å². The Bertz CT molecular complexity index is 251. The normalized spacial score (nSPS) is 13.1. The van der Waals surface area contributed by atoms with Crippen LogP contribution in [0.1, 0.15) is 27.7 Å². The lowest BCUT2D eigenvalue weighted by molar-refractivity contribution is -0.113. The summed E-state index contributed by atoms with van der Waals surface area (Å²) in [5, 5.41) is 4.96. The topological polar surface area (TPSA) is 67.4 Å². The molecule has 0 aromatic carbocycles. The van der Waals surface area contributed by atoms with Gasteiger partial charge in [0.1, 0.15) is 5.60 Å². The van der Waals surface area contributed by atoms with E-state index in [0.717, 1.165) is 0 Å². The largest absolute Gasteiger partial charge is 0.444 e. The Hall–Kier alpha value is -0.810. The Morgan fingerprint density at radius 3 is 2.31 bits per heavy atom. The SMILES string of the molecule is CC(NCCNC(=O)OC(C)(C)C)C(=O)Cl. The third-order valence-electron chi connectivity index (χ3n) is 1.58.